The first-order valence-electron chi connectivity index (χ1n) is 6.60. The maximum Gasteiger partial charge on any atom is 0.305 e. The summed E-state index contributed by atoms with van der Waals surface area (Å²) in [4.78, 5) is 15.1. The number of aromatic nitrogens is 2. The molecule has 0 spiro atoms. The third-order valence-corrected chi connectivity index (χ3v) is 3.59. The Morgan fingerprint density at radius 2 is 2.05 bits per heavy atom. The minimum Gasteiger partial charge on any atom is -0.481 e. The Morgan fingerprint density at radius 1 is 1.35 bits per heavy atom. The summed E-state index contributed by atoms with van der Waals surface area (Å²) in [7, 11) is 0. The van der Waals surface area contributed by atoms with Gasteiger partial charge in [0.25, 0.3) is 0 Å². The van der Waals surface area contributed by atoms with Gasteiger partial charge >= 0.3 is 5.97 Å². The van der Waals surface area contributed by atoms with E-state index in [4.69, 9.17) is 5.11 Å². The Labute approximate surface area is 114 Å². The Balaban J connectivity index is 2.04. The van der Waals surface area contributed by atoms with Gasteiger partial charge in [0.05, 0.1) is 17.5 Å². The van der Waals surface area contributed by atoms with Crippen LogP contribution < -0.4 is 0 Å². The predicted molar refractivity (Wildman–Crippen MR) is 68.3 cm³/mol. The molecule has 1 saturated carbocycles. The van der Waals surface area contributed by atoms with E-state index in [9.17, 15) is 13.6 Å². The molecule has 3 rings (SSSR count). The number of fused-ring (bicyclic) bond motifs is 1. The number of aryl methyl sites for hydroxylation is 1. The molecule has 2 aromatic rings. The lowest BCUT2D eigenvalue weighted by atomic mass is 10.2. The highest BCUT2D eigenvalue weighted by molar-refractivity contribution is 5.76. The number of carbonyl (C=O) groups is 1. The summed E-state index contributed by atoms with van der Waals surface area (Å²) in [6, 6.07) is 2.16. The molecule has 1 heterocycles. The second-order valence-corrected chi connectivity index (χ2v) is 5.23. The zero-order valence-electron chi connectivity index (χ0n) is 10.8. The minimum atomic E-state index is -0.938. The van der Waals surface area contributed by atoms with E-state index in [0.29, 0.717) is 22.8 Å². The van der Waals surface area contributed by atoms with Gasteiger partial charge in [-0.2, -0.15) is 0 Å². The maximum atomic E-state index is 13.4. The molecular weight excluding hydrogens is 266 g/mol. The van der Waals surface area contributed by atoms with Crippen LogP contribution in [-0.2, 0) is 17.8 Å². The van der Waals surface area contributed by atoms with Crippen LogP contribution in [0.5, 0.6) is 0 Å². The number of nitrogens with zero attached hydrogens (tertiary/aromatic N) is 2. The van der Waals surface area contributed by atoms with Gasteiger partial charge in [-0.15, -0.1) is 0 Å². The molecule has 4 nitrogen and oxygen atoms in total. The number of carboxylic acids is 1. The molecular formula is C14H14F2N2O2. The molecule has 1 aromatic carbocycles. The minimum absolute atomic E-state index is 0.0673. The van der Waals surface area contributed by atoms with Crippen LogP contribution in [0.15, 0.2) is 12.1 Å². The summed E-state index contributed by atoms with van der Waals surface area (Å²) in [5, 5.41) is 8.80. The first-order valence-corrected chi connectivity index (χ1v) is 6.60. The average Bonchev–Trinajstić information content (AvgIpc) is 3.12. The molecule has 0 radical (unpaired) electrons. The SMILES string of the molecule is O=C(O)CCn1c(CC2CC2)nc2cc(F)c(F)cc21. The lowest BCUT2D eigenvalue weighted by Crippen LogP contribution is -2.09. The Morgan fingerprint density at radius 3 is 2.70 bits per heavy atom. The number of halogens is 2. The van der Waals surface area contributed by atoms with Gasteiger partial charge in [-0.05, 0) is 18.8 Å². The second-order valence-electron chi connectivity index (χ2n) is 5.23. The quantitative estimate of drug-likeness (QED) is 0.916. The Bertz CT molecular complexity index is 677. The van der Waals surface area contributed by atoms with Crippen molar-refractivity contribution in [1.29, 1.82) is 0 Å². The molecule has 1 fully saturated rings. The van der Waals surface area contributed by atoms with Gasteiger partial charge in [0.1, 0.15) is 5.82 Å². The van der Waals surface area contributed by atoms with Gasteiger partial charge < -0.3 is 9.67 Å². The highest BCUT2D eigenvalue weighted by Gasteiger charge is 2.25. The van der Waals surface area contributed by atoms with Crippen LogP contribution in [0.4, 0.5) is 8.78 Å². The van der Waals surface area contributed by atoms with Gasteiger partial charge in [-0.3, -0.25) is 4.79 Å². The van der Waals surface area contributed by atoms with E-state index in [1.165, 1.54) is 0 Å². The highest BCUT2D eigenvalue weighted by atomic mass is 19.2. The summed E-state index contributed by atoms with van der Waals surface area (Å²) in [5.41, 5.74) is 0.839. The maximum absolute atomic E-state index is 13.4. The van der Waals surface area contributed by atoms with E-state index in [-0.39, 0.29) is 13.0 Å². The summed E-state index contributed by atoms with van der Waals surface area (Å²) < 4.78 is 28.3. The molecule has 0 amide bonds. The van der Waals surface area contributed by atoms with Crippen molar-refractivity contribution in [1.82, 2.24) is 9.55 Å². The zero-order chi connectivity index (χ0) is 14.3. The number of imidazole rings is 1. The third-order valence-electron chi connectivity index (χ3n) is 3.59. The molecule has 106 valence electrons. The average molecular weight is 280 g/mol. The van der Waals surface area contributed by atoms with Crippen molar-refractivity contribution < 1.29 is 18.7 Å². The van der Waals surface area contributed by atoms with Crippen LogP contribution in [0.3, 0.4) is 0 Å². The molecule has 1 aliphatic carbocycles. The van der Waals surface area contributed by atoms with Gasteiger partial charge in [0, 0.05) is 25.1 Å². The van der Waals surface area contributed by atoms with Crippen LogP contribution in [0.2, 0.25) is 0 Å². The van der Waals surface area contributed by atoms with Crippen LogP contribution in [0.25, 0.3) is 11.0 Å². The van der Waals surface area contributed by atoms with Crippen molar-refractivity contribution >= 4 is 17.0 Å². The molecule has 0 saturated heterocycles. The first kappa shape index (κ1) is 13.0. The highest BCUT2D eigenvalue weighted by Crippen LogP contribution is 2.33. The molecule has 1 aliphatic rings. The molecule has 0 atom stereocenters. The molecule has 0 bridgehead atoms. The molecule has 20 heavy (non-hydrogen) atoms. The van der Waals surface area contributed by atoms with E-state index < -0.39 is 17.6 Å². The summed E-state index contributed by atoms with van der Waals surface area (Å²) >= 11 is 0. The number of aliphatic carboxylic acids is 1. The van der Waals surface area contributed by atoms with Crippen LogP contribution in [0.1, 0.15) is 25.1 Å². The molecule has 6 heteroatoms. The standard InChI is InChI=1S/C14H14F2N2O2/c15-9-6-11-12(7-10(9)16)18(4-3-14(19)20)13(17-11)5-8-1-2-8/h6-8H,1-5H2,(H,19,20). The van der Waals surface area contributed by atoms with E-state index in [1.54, 1.807) is 4.57 Å². The second kappa shape index (κ2) is 4.85. The van der Waals surface area contributed by atoms with E-state index >= 15 is 0 Å². The summed E-state index contributed by atoms with van der Waals surface area (Å²) in [6.07, 6.45) is 2.93. The van der Waals surface area contributed by atoms with E-state index in [0.717, 1.165) is 31.4 Å². The van der Waals surface area contributed by atoms with Crippen molar-refractivity contribution in [3.05, 3.63) is 29.6 Å². The lowest BCUT2D eigenvalue weighted by molar-refractivity contribution is -0.137. The molecule has 0 aliphatic heterocycles. The van der Waals surface area contributed by atoms with Crippen LogP contribution in [-0.4, -0.2) is 20.6 Å². The van der Waals surface area contributed by atoms with Crippen LogP contribution in [0, 0.1) is 17.6 Å². The van der Waals surface area contributed by atoms with E-state index in [1.807, 2.05) is 0 Å². The van der Waals surface area contributed by atoms with Crippen molar-refractivity contribution in [2.45, 2.75) is 32.2 Å². The molecule has 1 aromatic heterocycles. The van der Waals surface area contributed by atoms with Crippen molar-refractivity contribution in [3.63, 3.8) is 0 Å². The fourth-order valence-electron chi connectivity index (χ4n) is 2.36. The van der Waals surface area contributed by atoms with Crippen LogP contribution >= 0.6 is 0 Å². The van der Waals surface area contributed by atoms with Crippen molar-refractivity contribution in [3.8, 4) is 0 Å². The third kappa shape index (κ3) is 2.50. The van der Waals surface area contributed by atoms with Gasteiger partial charge in [-0.25, -0.2) is 13.8 Å². The van der Waals surface area contributed by atoms with Gasteiger partial charge in [0.15, 0.2) is 11.6 Å². The monoisotopic (exact) mass is 280 g/mol. The molecule has 1 N–H and O–H groups in total. The lowest BCUT2D eigenvalue weighted by Gasteiger charge is -2.07. The molecule has 0 unspecified atom stereocenters. The number of rotatable bonds is 5. The van der Waals surface area contributed by atoms with Crippen molar-refractivity contribution in [2.75, 3.05) is 0 Å². The normalized spacial score (nSPS) is 14.9. The largest absolute Gasteiger partial charge is 0.481 e. The predicted octanol–water partition coefficient (Wildman–Crippen LogP) is 2.74. The summed E-state index contributed by atoms with van der Waals surface area (Å²) in [5.74, 6) is -1.52. The smallest absolute Gasteiger partial charge is 0.305 e. The first-order chi connectivity index (χ1) is 9.54. The zero-order valence-corrected chi connectivity index (χ0v) is 10.8. The summed E-state index contributed by atoms with van der Waals surface area (Å²) in [6.45, 7) is 0.221. The Kier molecular flexibility index (Phi) is 3.16. The Hall–Kier alpha value is -1.98. The number of hydrogen-bond acceptors (Lipinski definition) is 2. The number of carboxylic acid groups (broad SMARTS) is 1. The topological polar surface area (TPSA) is 55.1 Å². The van der Waals surface area contributed by atoms with E-state index in [2.05, 4.69) is 4.98 Å². The van der Waals surface area contributed by atoms with Gasteiger partial charge in [-0.1, -0.05) is 0 Å². The fraction of sp³-hybridized carbons (Fsp3) is 0.429. The fourth-order valence-corrected chi connectivity index (χ4v) is 2.36. The van der Waals surface area contributed by atoms with Gasteiger partial charge in [0.2, 0.25) is 0 Å². The number of hydrogen-bond donors (Lipinski definition) is 1. The number of benzene rings is 1. The van der Waals surface area contributed by atoms with Crippen molar-refractivity contribution in [2.24, 2.45) is 5.92 Å².